The number of nitrogens with zero attached hydrogens (tertiary/aromatic N) is 1. The summed E-state index contributed by atoms with van der Waals surface area (Å²) in [6.07, 6.45) is 0. The molecule has 0 unspecified atom stereocenters. The highest BCUT2D eigenvalue weighted by molar-refractivity contribution is 5.97. The number of aromatic amines is 1. The van der Waals surface area contributed by atoms with Crippen molar-refractivity contribution in [2.45, 2.75) is 39.7 Å². The van der Waals surface area contributed by atoms with Crippen molar-refractivity contribution in [3.05, 3.63) is 27.4 Å². The average Bonchev–Trinajstić information content (AvgIpc) is 2.27. The van der Waals surface area contributed by atoms with Crippen LogP contribution in [0.2, 0.25) is 0 Å². The summed E-state index contributed by atoms with van der Waals surface area (Å²) in [5.41, 5.74) is -0.439. The quantitative estimate of drug-likeness (QED) is 0.731. The largest absolute Gasteiger partial charge is 0.480 e. The Labute approximate surface area is 110 Å². The molecule has 19 heavy (non-hydrogen) atoms. The predicted molar refractivity (Wildman–Crippen MR) is 68.2 cm³/mol. The Morgan fingerprint density at radius 2 is 1.89 bits per heavy atom. The van der Waals surface area contributed by atoms with E-state index in [1.807, 2.05) is 13.8 Å². The second kappa shape index (κ2) is 5.64. The fourth-order valence-electron chi connectivity index (χ4n) is 1.48. The monoisotopic (exact) mass is 267 g/mol. The van der Waals surface area contributed by atoms with Gasteiger partial charge in [0.05, 0.1) is 5.69 Å². The summed E-state index contributed by atoms with van der Waals surface area (Å²) in [5.74, 6) is -1.39. The van der Waals surface area contributed by atoms with Gasteiger partial charge < -0.3 is 15.4 Å². The van der Waals surface area contributed by atoms with Crippen LogP contribution in [0.5, 0.6) is 0 Å². The van der Waals surface area contributed by atoms with Gasteiger partial charge in [-0.2, -0.15) is 0 Å². The van der Waals surface area contributed by atoms with Gasteiger partial charge in [0.25, 0.3) is 11.5 Å². The molecule has 1 atom stereocenters. The molecule has 1 amide bonds. The maximum atomic E-state index is 11.9. The zero-order chi connectivity index (χ0) is 14.7. The van der Waals surface area contributed by atoms with Gasteiger partial charge in [0, 0.05) is 5.92 Å². The average molecular weight is 267 g/mol. The van der Waals surface area contributed by atoms with E-state index in [1.165, 1.54) is 6.92 Å². The van der Waals surface area contributed by atoms with Gasteiger partial charge in [-0.25, -0.2) is 4.98 Å². The number of carboxylic acids is 1. The molecule has 0 bridgehead atoms. The number of aryl methyl sites for hydroxylation is 1. The number of carbonyl (C=O) groups excluding carboxylic acids is 1. The first-order valence-corrected chi connectivity index (χ1v) is 5.88. The molecule has 0 aliphatic rings. The molecule has 0 aliphatic carbocycles. The van der Waals surface area contributed by atoms with Crippen LogP contribution in [0.25, 0.3) is 0 Å². The van der Waals surface area contributed by atoms with E-state index in [9.17, 15) is 14.4 Å². The topological polar surface area (TPSA) is 112 Å². The van der Waals surface area contributed by atoms with Gasteiger partial charge in [-0.3, -0.25) is 14.4 Å². The van der Waals surface area contributed by atoms with E-state index in [1.54, 1.807) is 6.92 Å². The van der Waals surface area contributed by atoms with Crippen molar-refractivity contribution in [2.24, 2.45) is 0 Å². The molecule has 3 N–H and O–H groups in total. The summed E-state index contributed by atoms with van der Waals surface area (Å²) in [7, 11) is 0. The van der Waals surface area contributed by atoms with Gasteiger partial charge in [-0.05, 0) is 13.8 Å². The molecule has 7 heteroatoms. The van der Waals surface area contributed by atoms with E-state index >= 15 is 0 Å². The van der Waals surface area contributed by atoms with Crippen LogP contribution in [-0.4, -0.2) is 33.0 Å². The third-order valence-corrected chi connectivity index (χ3v) is 2.61. The molecule has 1 heterocycles. The zero-order valence-corrected chi connectivity index (χ0v) is 11.3. The number of amides is 1. The Morgan fingerprint density at radius 3 is 2.32 bits per heavy atom. The lowest BCUT2D eigenvalue weighted by atomic mass is 10.1. The van der Waals surface area contributed by atoms with Crippen molar-refractivity contribution in [3.8, 4) is 0 Å². The number of aliphatic carboxylic acids is 1. The summed E-state index contributed by atoms with van der Waals surface area (Å²) >= 11 is 0. The molecule has 0 aromatic carbocycles. The SMILES string of the molecule is Cc1nc(C(C)C)[nH]c(=O)c1C(=O)N[C@@H](C)C(=O)O. The Morgan fingerprint density at radius 1 is 1.32 bits per heavy atom. The van der Waals surface area contributed by atoms with Crippen molar-refractivity contribution >= 4 is 11.9 Å². The minimum Gasteiger partial charge on any atom is -0.480 e. The first kappa shape index (κ1) is 14.9. The number of hydrogen-bond donors (Lipinski definition) is 3. The lowest BCUT2D eigenvalue weighted by molar-refractivity contribution is -0.138. The number of carbonyl (C=O) groups is 2. The zero-order valence-electron chi connectivity index (χ0n) is 11.3. The maximum Gasteiger partial charge on any atom is 0.325 e. The van der Waals surface area contributed by atoms with Gasteiger partial charge in [-0.1, -0.05) is 13.8 Å². The van der Waals surface area contributed by atoms with Gasteiger partial charge in [-0.15, -0.1) is 0 Å². The molecule has 1 rings (SSSR count). The van der Waals surface area contributed by atoms with E-state index in [4.69, 9.17) is 5.11 Å². The van der Waals surface area contributed by atoms with Crippen molar-refractivity contribution in [3.63, 3.8) is 0 Å². The summed E-state index contributed by atoms with van der Waals surface area (Å²) in [4.78, 5) is 41.0. The summed E-state index contributed by atoms with van der Waals surface area (Å²) in [6.45, 7) is 6.59. The molecule has 104 valence electrons. The lowest BCUT2D eigenvalue weighted by Gasteiger charge is -2.11. The molecule has 0 radical (unpaired) electrons. The van der Waals surface area contributed by atoms with E-state index in [-0.39, 0.29) is 17.2 Å². The fraction of sp³-hybridized carbons (Fsp3) is 0.500. The summed E-state index contributed by atoms with van der Waals surface area (Å²) in [5, 5.41) is 10.9. The number of nitrogens with one attached hydrogen (secondary N) is 2. The number of carboxylic acid groups (broad SMARTS) is 1. The van der Waals surface area contributed by atoms with Gasteiger partial charge >= 0.3 is 5.97 Å². The van der Waals surface area contributed by atoms with Crippen LogP contribution in [0.3, 0.4) is 0 Å². The minimum absolute atomic E-state index is 0.0291. The highest BCUT2D eigenvalue weighted by Gasteiger charge is 2.21. The molecule has 7 nitrogen and oxygen atoms in total. The third kappa shape index (κ3) is 3.40. The first-order chi connectivity index (χ1) is 8.73. The molecular weight excluding hydrogens is 250 g/mol. The number of hydrogen-bond acceptors (Lipinski definition) is 4. The molecule has 0 spiro atoms. The highest BCUT2D eigenvalue weighted by Crippen LogP contribution is 2.08. The molecule has 0 saturated carbocycles. The van der Waals surface area contributed by atoms with Crippen molar-refractivity contribution in [1.82, 2.24) is 15.3 Å². The molecule has 0 aliphatic heterocycles. The second-order valence-corrected chi connectivity index (χ2v) is 4.60. The van der Waals surface area contributed by atoms with Crippen LogP contribution in [0.1, 0.15) is 48.6 Å². The van der Waals surface area contributed by atoms with Crippen LogP contribution in [-0.2, 0) is 4.79 Å². The van der Waals surface area contributed by atoms with Gasteiger partial charge in [0.1, 0.15) is 17.4 Å². The van der Waals surface area contributed by atoms with Crippen LogP contribution in [0.4, 0.5) is 0 Å². The Hall–Kier alpha value is -2.18. The van der Waals surface area contributed by atoms with E-state index in [0.29, 0.717) is 5.82 Å². The van der Waals surface area contributed by atoms with Gasteiger partial charge in [0.2, 0.25) is 0 Å². The highest BCUT2D eigenvalue weighted by atomic mass is 16.4. The van der Waals surface area contributed by atoms with Crippen LogP contribution >= 0.6 is 0 Å². The molecule has 0 fully saturated rings. The van der Waals surface area contributed by atoms with Crippen LogP contribution < -0.4 is 10.9 Å². The van der Waals surface area contributed by atoms with Crippen molar-refractivity contribution < 1.29 is 14.7 Å². The Bertz CT molecular complexity index is 563. The van der Waals surface area contributed by atoms with E-state index in [0.717, 1.165) is 0 Å². The number of rotatable bonds is 4. The Balaban J connectivity index is 3.12. The number of aromatic nitrogens is 2. The lowest BCUT2D eigenvalue weighted by Crippen LogP contribution is -2.41. The normalized spacial score (nSPS) is 12.3. The Kier molecular flexibility index (Phi) is 4.42. The maximum absolute atomic E-state index is 11.9. The standard InChI is InChI=1S/C12H17N3O4/c1-5(2)9-13-6(3)8(11(17)15-9)10(16)14-7(4)12(18)19/h5,7H,1-4H3,(H,14,16)(H,18,19)(H,13,15,17)/t7-/m0/s1. The first-order valence-electron chi connectivity index (χ1n) is 5.88. The molecule has 0 saturated heterocycles. The number of H-pyrrole nitrogens is 1. The van der Waals surface area contributed by atoms with E-state index < -0.39 is 23.5 Å². The summed E-state index contributed by atoms with van der Waals surface area (Å²) in [6, 6.07) is -1.07. The molecular formula is C12H17N3O4. The van der Waals surface area contributed by atoms with Crippen LogP contribution in [0.15, 0.2) is 4.79 Å². The van der Waals surface area contributed by atoms with Gasteiger partial charge in [0.15, 0.2) is 0 Å². The third-order valence-electron chi connectivity index (χ3n) is 2.61. The molecule has 1 aromatic rings. The smallest absolute Gasteiger partial charge is 0.325 e. The van der Waals surface area contributed by atoms with Crippen molar-refractivity contribution in [1.29, 1.82) is 0 Å². The van der Waals surface area contributed by atoms with Crippen LogP contribution in [0, 0.1) is 6.92 Å². The molecule has 1 aromatic heterocycles. The predicted octanol–water partition coefficient (Wildman–Crippen LogP) is 0.405. The minimum atomic E-state index is -1.17. The second-order valence-electron chi connectivity index (χ2n) is 4.60. The summed E-state index contributed by atoms with van der Waals surface area (Å²) < 4.78 is 0. The van der Waals surface area contributed by atoms with Crippen molar-refractivity contribution in [2.75, 3.05) is 0 Å². The van der Waals surface area contributed by atoms with E-state index in [2.05, 4.69) is 15.3 Å². The fourth-order valence-corrected chi connectivity index (χ4v) is 1.48.